The molecule has 3 heterocycles. The molecule has 1 saturated heterocycles. The Kier molecular flexibility index (Phi) is 4.61. The van der Waals surface area contributed by atoms with Gasteiger partial charge in [-0.3, -0.25) is 9.80 Å². The Balaban J connectivity index is 1.55. The second-order valence-electron chi connectivity index (χ2n) is 7.51. The Hall–Kier alpha value is -1.36. The molecule has 0 N–H and O–H groups in total. The predicted octanol–water partition coefficient (Wildman–Crippen LogP) is 4.04. The van der Waals surface area contributed by atoms with Crippen LogP contribution in [-0.4, -0.2) is 43.6 Å². The van der Waals surface area contributed by atoms with Gasteiger partial charge in [-0.15, -0.1) is 11.3 Å². The molecule has 0 unspecified atom stereocenters. The molecule has 3 nitrogen and oxygen atoms in total. The van der Waals surface area contributed by atoms with Crippen molar-refractivity contribution >= 4 is 11.3 Å². The van der Waals surface area contributed by atoms with Gasteiger partial charge in [0, 0.05) is 41.5 Å². The van der Waals surface area contributed by atoms with Crippen LogP contribution in [0, 0.1) is 6.92 Å². The van der Waals surface area contributed by atoms with Crippen molar-refractivity contribution < 1.29 is 4.74 Å². The number of likely N-dealkylation sites (tertiary alicyclic amines) is 1. The average Bonchev–Trinajstić information content (AvgIpc) is 3.04. The van der Waals surface area contributed by atoms with Gasteiger partial charge in [-0.2, -0.15) is 0 Å². The number of likely N-dealkylation sites (N-methyl/N-ethyl adjacent to an activating group) is 1. The Morgan fingerprint density at radius 1 is 1.12 bits per heavy atom. The van der Waals surface area contributed by atoms with Crippen molar-refractivity contribution in [3.8, 4) is 5.75 Å². The number of thiophene rings is 1. The molecule has 1 aromatic carbocycles. The molecule has 2 aliphatic rings. The Bertz CT molecular complexity index is 746. The van der Waals surface area contributed by atoms with E-state index >= 15 is 0 Å². The molecule has 4 rings (SSSR count). The summed E-state index contributed by atoms with van der Waals surface area (Å²) >= 11 is 1.93. The van der Waals surface area contributed by atoms with Gasteiger partial charge in [0.25, 0.3) is 0 Å². The van der Waals surface area contributed by atoms with Crippen molar-refractivity contribution in [1.82, 2.24) is 9.80 Å². The van der Waals surface area contributed by atoms with E-state index in [-0.39, 0.29) is 5.54 Å². The molecule has 1 fully saturated rings. The first-order valence-corrected chi connectivity index (χ1v) is 10.1. The maximum Gasteiger partial charge on any atom is 0.119 e. The van der Waals surface area contributed by atoms with E-state index < -0.39 is 0 Å². The molecular weight excluding hydrogens is 328 g/mol. The molecule has 2 aromatic rings. The summed E-state index contributed by atoms with van der Waals surface area (Å²) in [5.41, 5.74) is 3.21. The summed E-state index contributed by atoms with van der Waals surface area (Å²) in [6, 6.07) is 11.2. The normalized spacial score (nSPS) is 20.6. The van der Waals surface area contributed by atoms with Gasteiger partial charge < -0.3 is 4.74 Å². The van der Waals surface area contributed by atoms with Crippen LogP contribution >= 0.6 is 11.3 Å². The SMILES string of the molecule is COc1ccc2c(c1)C1(CCN(Cc3ccc(C)s3)CC1)N(C)CC2. The number of hydrogen-bond donors (Lipinski definition) is 0. The Morgan fingerprint density at radius 3 is 2.60 bits per heavy atom. The van der Waals surface area contributed by atoms with E-state index in [2.05, 4.69) is 54.1 Å². The van der Waals surface area contributed by atoms with E-state index in [1.807, 2.05) is 11.3 Å². The lowest BCUT2D eigenvalue weighted by molar-refractivity contribution is 0.0256. The number of ether oxygens (including phenoxy) is 1. The maximum atomic E-state index is 5.52. The molecule has 0 saturated carbocycles. The van der Waals surface area contributed by atoms with Crippen LogP contribution in [0.25, 0.3) is 0 Å². The highest BCUT2D eigenvalue weighted by Gasteiger charge is 2.43. The van der Waals surface area contributed by atoms with Gasteiger partial charge in [-0.25, -0.2) is 0 Å². The van der Waals surface area contributed by atoms with E-state index in [4.69, 9.17) is 4.74 Å². The lowest BCUT2D eigenvalue weighted by Gasteiger charge is -2.51. The number of fused-ring (bicyclic) bond motifs is 2. The fourth-order valence-electron chi connectivity index (χ4n) is 4.56. The standard InChI is InChI=1S/C21H28N2OS/c1-16-4-7-19(25-16)15-23-12-9-21(10-13-23)20-14-18(24-3)6-5-17(20)8-11-22(21)2/h4-7,14H,8-13,15H2,1-3H3. The molecule has 0 amide bonds. The summed E-state index contributed by atoms with van der Waals surface area (Å²) < 4.78 is 5.52. The molecule has 0 atom stereocenters. The first kappa shape index (κ1) is 17.1. The first-order chi connectivity index (χ1) is 12.1. The van der Waals surface area contributed by atoms with Gasteiger partial charge in [-0.1, -0.05) is 6.07 Å². The van der Waals surface area contributed by atoms with E-state index in [1.54, 1.807) is 7.11 Å². The summed E-state index contributed by atoms with van der Waals surface area (Å²) in [7, 11) is 4.08. The van der Waals surface area contributed by atoms with E-state index in [0.29, 0.717) is 0 Å². The molecule has 0 aliphatic carbocycles. The van der Waals surface area contributed by atoms with Gasteiger partial charge in [0.1, 0.15) is 5.75 Å². The molecule has 4 heteroatoms. The zero-order chi connectivity index (χ0) is 17.4. The Labute approximate surface area is 155 Å². The van der Waals surface area contributed by atoms with Gasteiger partial charge in [-0.05, 0) is 68.6 Å². The second-order valence-corrected chi connectivity index (χ2v) is 8.89. The van der Waals surface area contributed by atoms with Crippen LogP contribution < -0.4 is 4.74 Å². The van der Waals surface area contributed by atoms with Crippen molar-refractivity contribution in [3.63, 3.8) is 0 Å². The average molecular weight is 357 g/mol. The van der Waals surface area contributed by atoms with Crippen molar-refractivity contribution in [2.75, 3.05) is 33.8 Å². The highest BCUT2D eigenvalue weighted by Crippen LogP contribution is 2.44. The van der Waals surface area contributed by atoms with Crippen LogP contribution in [0.3, 0.4) is 0 Å². The van der Waals surface area contributed by atoms with Crippen LogP contribution in [0.2, 0.25) is 0 Å². The summed E-state index contributed by atoms with van der Waals surface area (Å²) in [4.78, 5) is 8.13. The van der Waals surface area contributed by atoms with Crippen molar-refractivity contribution in [2.24, 2.45) is 0 Å². The summed E-state index contributed by atoms with van der Waals surface area (Å²) in [5, 5.41) is 0. The molecule has 0 bridgehead atoms. The zero-order valence-electron chi connectivity index (χ0n) is 15.5. The van der Waals surface area contributed by atoms with Gasteiger partial charge in [0.2, 0.25) is 0 Å². The van der Waals surface area contributed by atoms with Crippen LogP contribution in [0.4, 0.5) is 0 Å². The topological polar surface area (TPSA) is 15.7 Å². The third-order valence-electron chi connectivity index (χ3n) is 6.12. The van der Waals surface area contributed by atoms with Crippen LogP contribution in [0.1, 0.15) is 33.7 Å². The lowest BCUT2D eigenvalue weighted by atomic mass is 9.74. The number of rotatable bonds is 3. The monoisotopic (exact) mass is 356 g/mol. The van der Waals surface area contributed by atoms with E-state index in [1.165, 1.54) is 33.7 Å². The lowest BCUT2D eigenvalue weighted by Crippen LogP contribution is -2.54. The molecule has 2 aliphatic heterocycles. The molecule has 134 valence electrons. The maximum absolute atomic E-state index is 5.52. The van der Waals surface area contributed by atoms with E-state index in [9.17, 15) is 0 Å². The molecule has 1 aromatic heterocycles. The highest BCUT2D eigenvalue weighted by molar-refractivity contribution is 7.11. The summed E-state index contributed by atoms with van der Waals surface area (Å²) in [5.74, 6) is 0.991. The minimum Gasteiger partial charge on any atom is -0.497 e. The summed E-state index contributed by atoms with van der Waals surface area (Å²) in [6.07, 6.45) is 3.55. The van der Waals surface area contributed by atoms with Crippen molar-refractivity contribution in [2.45, 2.75) is 38.3 Å². The zero-order valence-corrected chi connectivity index (χ0v) is 16.4. The van der Waals surface area contributed by atoms with Crippen molar-refractivity contribution in [1.29, 1.82) is 0 Å². The third-order valence-corrected chi connectivity index (χ3v) is 7.11. The van der Waals surface area contributed by atoms with Crippen LogP contribution in [0.15, 0.2) is 30.3 Å². The third kappa shape index (κ3) is 3.12. The quantitative estimate of drug-likeness (QED) is 0.825. The molecule has 25 heavy (non-hydrogen) atoms. The van der Waals surface area contributed by atoms with Gasteiger partial charge in [0.15, 0.2) is 0 Å². The predicted molar refractivity (Wildman–Crippen MR) is 105 cm³/mol. The highest BCUT2D eigenvalue weighted by atomic mass is 32.1. The minimum absolute atomic E-state index is 0.185. The molecular formula is C21H28N2OS. The minimum atomic E-state index is 0.185. The van der Waals surface area contributed by atoms with Gasteiger partial charge >= 0.3 is 0 Å². The van der Waals surface area contributed by atoms with Crippen molar-refractivity contribution in [3.05, 3.63) is 51.2 Å². The number of piperidine rings is 1. The molecule has 1 spiro atoms. The number of aryl methyl sites for hydroxylation is 1. The number of benzene rings is 1. The summed E-state index contributed by atoms with van der Waals surface area (Å²) in [6.45, 7) is 6.78. The number of nitrogens with zero attached hydrogens (tertiary/aromatic N) is 2. The fourth-order valence-corrected chi connectivity index (χ4v) is 5.50. The fraction of sp³-hybridized carbons (Fsp3) is 0.524. The van der Waals surface area contributed by atoms with E-state index in [0.717, 1.165) is 38.3 Å². The Morgan fingerprint density at radius 2 is 1.92 bits per heavy atom. The molecule has 0 radical (unpaired) electrons. The van der Waals surface area contributed by atoms with Crippen LogP contribution in [0.5, 0.6) is 5.75 Å². The van der Waals surface area contributed by atoms with Crippen LogP contribution in [-0.2, 0) is 18.5 Å². The number of hydrogen-bond acceptors (Lipinski definition) is 4. The number of methoxy groups -OCH3 is 1. The smallest absolute Gasteiger partial charge is 0.119 e. The second kappa shape index (κ2) is 6.75. The van der Waals surface area contributed by atoms with Gasteiger partial charge in [0.05, 0.1) is 7.11 Å². The first-order valence-electron chi connectivity index (χ1n) is 9.27. The largest absolute Gasteiger partial charge is 0.497 e.